The molecular weight excluding hydrogens is 202 g/mol. The van der Waals surface area contributed by atoms with Gasteiger partial charge in [0.05, 0.1) is 6.61 Å². The summed E-state index contributed by atoms with van der Waals surface area (Å²) in [6.07, 6.45) is 1.04. The number of likely N-dealkylation sites (tertiary alicyclic amines) is 1. The molecule has 0 bridgehead atoms. The molecule has 82 valence electrons. The third kappa shape index (κ3) is 3.14. The van der Waals surface area contributed by atoms with Crippen LogP contribution in [0, 0.1) is 5.92 Å². The van der Waals surface area contributed by atoms with Crippen LogP contribution in [0.4, 0.5) is 0 Å². The van der Waals surface area contributed by atoms with Gasteiger partial charge in [-0.25, -0.2) is 0 Å². The van der Waals surface area contributed by atoms with Crippen LogP contribution < -0.4 is 0 Å². The van der Waals surface area contributed by atoms with Gasteiger partial charge in [0.15, 0.2) is 0 Å². The van der Waals surface area contributed by atoms with E-state index in [1.807, 2.05) is 11.8 Å². The maximum absolute atomic E-state index is 11.5. The molecule has 1 rings (SSSR count). The summed E-state index contributed by atoms with van der Waals surface area (Å²) in [5.41, 5.74) is 0. The van der Waals surface area contributed by atoms with Gasteiger partial charge in [-0.3, -0.25) is 4.79 Å². The van der Waals surface area contributed by atoms with Crippen molar-refractivity contribution in [3.8, 4) is 0 Å². The molecule has 1 amide bonds. The number of nitrogens with zero attached hydrogens (tertiary/aromatic N) is 1. The average molecular weight is 220 g/mol. The van der Waals surface area contributed by atoms with Gasteiger partial charge in [-0.2, -0.15) is 0 Å². The summed E-state index contributed by atoms with van der Waals surface area (Å²) in [7, 11) is 0. The summed E-state index contributed by atoms with van der Waals surface area (Å²) < 4.78 is 5.34. The molecule has 1 aliphatic heterocycles. The molecule has 0 N–H and O–H groups in total. The topological polar surface area (TPSA) is 29.5 Å². The van der Waals surface area contributed by atoms with Gasteiger partial charge in [-0.05, 0) is 20.3 Å². The van der Waals surface area contributed by atoms with E-state index in [1.165, 1.54) is 0 Å². The summed E-state index contributed by atoms with van der Waals surface area (Å²) in [4.78, 5) is 13.4. The highest BCUT2D eigenvalue weighted by atomic mass is 35.5. The highest BCUT2D eigenvalue weighted by Gasteiger charge is 2.27. The van der Waals surface area contributed by atoms with E-state index < -0.39 is 5.38 Å². The Bertz CT molecular complexity index is 197. The molecule has 1 saturated heterocycles. The van der Waals surface area contributed by atoms with E-state index >= 15 is 0 Å². The molecule has 14 heavy (non-hydrogen) atoms. The van der Waals surface area contributed by atoms with Crippen LogP contribution in [0.1, 0.15) is 20.3 Å². The predicted octanol–water partition coefficient (Wildman–Crippen LogP) is 1.50. The maximum Gasteiger partial charge on any atom is 0.240 e. The molecule has 0 radical (unpaired) electrons. The van der Waals surface area contributed by atoms with Crippen LogP contribution in [0.2, 0.25) is 0 Å². The van der Waals surface area contributed by atoms with E-state index in [0.29, 0.717) is 5.92 Å². The van der Waals surface area contributed by atoms with Crippen LogP contribution >= 0.6 is 11.6 Å². The van der Waals surface area contributed by atoms with Gasteiger partial charge in [0.1, 0.15) is 5.38 Å². The number of amides is 1. The molecule has 1 fully saturated rings. The molecule has 0 spiro atoms. The first-order chi connectivity index (χ1) is 6.65. The molecule has 2 atom stereocenters. The van der Waals surface area contributed by atoms with Crippen LogP contribution in [0.15, 0.2) is 0 Å². The third-order valence-corrected chi connectivity index (χ3v) is 2.68. The quantitative estimate of drug-likeness (QED) is 0.671. The maximum atomic E-state index is 11.5. The van der Waals surface area contributed by atoms with Crippen molar-refractivity contribution in [2.75, 3.05) is 26.3 Å². The van der Waals surface area contributed by atoms with Gasteiger partial charge in [0, 0.05) is 25.6 Å². The summed E-state index contributed by atoms with van der Waals surface area (Å²) in [5, 5.41) is -0.402. The van der Waals surface area contributed by atoms with Crippen molar-refractivity contribution in [3.05, 3.63) is 0 Å². The average Bonchev–Trinajstić information content (AvgIpc) is 2.61. The Morgan fingerprint density at radius 1 is 1.71 bits per heavy atom. The Hall–Kier alpha value is -0.280. The summed E-state index contributed by atoms with van der Waals surface area (Å²) in [6.45, 7) is 6.84. The number of carbonyl (C=O) groups excluding carboxylic acids is 1. The number of halogens is 1. The fourth-order valence-electron chi connectivity index (χ4n) is 1.70. The fourth-order valence-corrected chi connectivity index (χ4v) is 1.84. The molecule has 0 aromatic rings. The molecular formula is C10H18ClNO2. The van der Waals surface area contributed by atoms with Crippen molar-refractivity contribution < 1.29 is 9.53 Å². The van der Waals surface area contributed by atoms with Crippen LogP contribution in [-0.2, 0) is 9.53 Å². The molecule has 3 nitrogen and oxygen atoms in total. The second-order valence-electron chi connectivity index (χ2n) is 3.71. The monoisotopic (exact) mass is 219 g/mol. The third-order valence-electron chi connectivity index (χ3n) is 2.50. The van der Waals surface area contributed by atoms with Crippen LogP contribution in [0.3, 0.4) is 0 Å². The van der Waals surface area contributed by atoms with Crippen molar-refractivity contribution in [1.29, 1.82) is 0 Å². The van der Waals surface area contributed by atoms with Crippen molar-refractivity contribution in [1.82, 2.24) is 4.90 Å². The summed E-state index contributed by atoms with van der Waals surface area (Å²) in [5.74, 6) is 0.542. The molecule has 2 unspecified atom stereocenters. The molecule has 0 aromatic carbocycles. The molecule has 1 heterocycles. The number of alkyl halides is 1. The Kier molecular flexibility index (Phi) is 4.69. The number of hydrogen-bond donors (Lipinski definition) is 0. The lowest BCUT2D eigenvalue weighted by Gasteiger charge is -2.17. The van der Waals surface area contributed by atoms with Crippen LogP contribution in [0.25, 0.3) is 0 Å². The lowest BCUT2D eigenvalue weighted by atomic mass is 10.1. The second kappa shape index (κ2) is 5.56. The molecule has 0 aliphatic carbocycles. The van der Waals surface area contributed by atoms with Crippen molar-refractivity contribution in [2.24, 2.45) is 5.92 Å². The van der Waals surface area contributed by atoms with Gasteiger partial charge in [0.2, 0.25) is 5.91 Å². The van der Waals surface area contributed by atoms with Gasteiger partial charge < -0.3 is 9.64 Å². The van der Waals surface area contributed by atoms with Crippen molar-refractivity contribution in [2.45, 2.75) is 25.6 Å². The van der Waals surface area contributed by atoms with E-state index in [4.69, 9.17) is 16.3 Å². The predicted molar refractivity (Wildman–Crippen MR) is 56.5 cm³/mol. The number of rotatable bonds is 4. The van der Waals surface area contributed by atoms with E-state index in [0.717, 1.165) is 32.7 Å². The lowest BCUT2D eigenvalue weighted by Crippen LogP contribution is -2.34. The van der Waals surface area contributed by atoms with Crippen molar-refractivity contribution in [3.63, 3.8) is 0 Å². The van der Waals surface area contributed by atoms with E-state index in [2.05, 4.69) is 0 Å². The SMILES string of the molecule is CCOCC1CCN(C(=O)C(C)Cl)C1. The molecule has 0 aromatic heterocycles. The van der Waals surface area contributed by atoms with Gasteiger partial charge in [-0.15, -0.1) is 11.6 Å². The zero-order valence-electron chi connectivity index (χ0n) is 8.83. The first kappa shape index (κ1) is 11.8. The highest BCUT2D eigenvalue weighted by Crippen LogP contribution is 2.18. The van der Waals surface area contributed by atoms with Crippen molar-refractivity contribution >= 4 is 17.5 Å². The lowest BCUT2D eigenvalue weighted by molar-refractivity contribution is -0.129. The number of carbonyl (C=O) groups is 1. The largest absolute Gasteiger partial charge is 0.381 e. The standard InChI is InChI=1S/C10H18ClNO2/c1-3-14-7-9-4-5-12(6-9)10(13)8(2)11/h8-9H,3-7H2,1-2H3. The Morgan fingerprint density at radius 3 is 3.00 bits per heavy atom. The van der Waals surface area contributed by atoms with E-state index in [1.54, 1.807) is 6.92 Å². The Balaban J connectivity index is 2.30. The van der Waals surface area contributed by atoms with Gasteiger partial charge in [0.25, 0.3) is 0 Å². The molecule has 4 heteroatoms. The number of ether oxygens (including phenoxy) is 1. The minimum Gasteiger partial charge on any atom is -0.381 e. The Labute approximate surface area is 90.4 Å². The van der Waals surface area contributed by atoms with Crippen LogP contribution in [-0.4, -0.2) is 42.5 Å². The first-order valence-electron chi connectivity index (χ1n) is 5.15. The van der Waals surface area contributed by atoms with E-state index in [9.17, 15) is 4.79 Å². The van der Waals surface area contributed by atoms with Crippen LogP contribution in [0.5, 0.6) is 0 Å². The fraction of sp³-hybridized carbons (Fsp3) is 0.900. The number of hydrogen-bond acceptors (Lipinski definition) is 2. The Morgan fingerprint density at radius 2 is 2.43 bits per heavy atom. The van der Waals surface area contributed by atoms with Gasteiger partial charge >= 0.3 is 0 Å². The highest BCUT2D eigenvalue weighted by molar-refractivity contribution is 6.30. The summed E-state index contributed by atoms with van der Waals surface area (Å²) >= 11 is 5.74. The van der Waals surface area contributed by atoms with E-state index in [-0.39, 0.29) is 5.91 Å². The zero-order chi connectivity index (χ0) is 10.6. The minimum absolute atomic E-state index is 0.0469. The minimum atomic E-state index is -0.402. The summed E-state index contributed by atoms with van der Waals surface area (Å²) in [6, 6.07) is 0. The molecule has 1 aliphatic rings. The normalized spacial score (nSPS) is 23.9. The molecule has 0 saturated carbocycles. The zero-order valence-corrected chi connectivity index (χ0v) is 9.59. The second-order valence-corrected chi connectivity index (χ2v) is 4.37. The van der Waals surface area contributed by atoms with Gasteiger partial charge in [-0.1, -0.05) is 0 Å². The first-order valence-corrected chi connectivity index (χ1v) is 5.59. The smallest absolute Gasteiger partial charge is 0.240 e.